The third-order valence-corrected chi connectivity index (χ3v) is 6.75. The molecular weight excluding hydrogens is 497 g/mol. The summed E-state index contributed by atoms with van der Waals surface area (Å²) < 4.78 is 28.7. The number of phenolic OH excluding ortho intramolecular Hbond substituents is 1. The van der Waals surface area contributed by atoms with Gasteiger partial charge >= 0.3 is 0 Å². The number of imidazole rings is 1. The second-order valence-corrected chi connectivity index (χ2v) is 9.30. The number of nitrogens with zero attached hydrogens (tertiary/aromatic N) is 4. The van der Waals surface area contributed by atoms with Crippen molar-refractivity contribution in [2.45, 2.75) is 25.9 Å². The highest BCUT2D eigenvalue weighted by atomic mass is 35.5. The van der Waals surface area contributed by atoms with Gasteiger partial charge in [0.1, 0.15) is 17.1 Å². The fourth-order valence-electron chi connectivity index (χ4n) is 4.28. The van der Waals surface area contributed by atoms with Crippen LogP contribution in [-0.2, 0) is 13.1 Å². The SMILES string of the molecule is Oc1ccc(Cl)c(-c2nc3cnc(NCc4ccc(F)c(F)c4)nc3n2C[C@@H]2CCCNC2)c1Cl. The minimum absolute atomic E-state index is 0.0935. The van der Waals surface area contributed by atoms with Crippen molar-refractivity contribution in [1.82, 2.24) is 24.8 Å². The van der Waals surface area contributed by atoms with E-state index in [1.165, 1.54) is 12.1 Å². The monoisotopic (exact) mass is 518 g/mol. The van der Waals surface area contributed by atoms with E-state index >= 15 is 0 Å². The number of halogens is 4. The average Bonchev–Trinajstić information content (AvgIpc) is 3.20. The molecule has 0 saturated carbocycles. The quantitative estimate of drug-likeness (QED) is 0.317. The zero-order valence-electron chi connectivity index (χ0n) is 18.5. The molecule has 1 aliphatic rings. The van der Waals surface area contributed by atoms with Crippen LogP contribution >= 0.6 is 23.2 Å². The van der Waals surface area contributed by atoms with Crippen LogP contribution in [0, 0.1) is 17.6 Å². The number of fused-ring (bicyclic) bond motifs is 1. The van der Waals surface area contributed by atoms with Crippen molar-refractivity contribution in [3.63, 3.8) is 0 Å². The summed E-state index contributed by atoms with van der Waals surface area (Å²) >= 11 is 12.9. The molecular formula is C24H22Cl2F2N6O. The minimum atomic E-state index is -0.913. The number of benzene rings is 2. The number of anilines is 1. The van der Waals surface area contributed by atoms with Gasteiger partial charge in [0.15, 0.2) is 17.3 Å². The first-order valence-electron chi connectivity index (χ1n) is 11.2. The molecule has 0 radical (unpaired) electrons. The van der Waals surface area contributed by atoms with Crippen LogP contribution in [0.1, 0.15) is 18.4 Å². The lowest BCUT2D eigenvalue weighted by Crippen LogP contribution is -2.32. The molecule has 3 heterocycles. The fraction of sp³-hybridized carbons (Fsp3) is 0.292. The lowest BCUT2D eigenvalue weighted by Gasteiger charge is -2.24. The van der Waals surface area contributed by atoms with Crippen molar-refractivity contribution >= 4 is 40.3 Å². The number of hydrogen-bond acceptors (Lipinski definition) is 6. The Morgan fingerprint density at radius 3 is 2.77 bits per heavy atom. The number of aromatic hydroxyl groups is 1. The summed E-state index contributed by atoms with van der Waals surface area (Å²) in [4.78, 5) is 13.7. The van der Waals surface area contributed by atoms with Crippen molar-refractivity contribution in [1.29, 1.82) is 0 Å². The van der Waals surface area contributed by atoms with Crippen LogP contribution in [-0.4, -0.2) is 37.7 Å². The summed E-state index contributed by atoms with van der Waals surface area (Å²) in [5.74, 6) is -0.769. The van der Waals surface area contributed by atoms with Gasteiger partial charge in [-0.2, -0.15) is 4.98 Å². The van der Waals surface area contributed by atoms with Gasteiger partial charge in [0.25, 0.3) is 0 Å². The van der Waals surface area contributed by atoms with E-state index in [1.54, 1.807) is 12.3 Å². The molecule has 0 unspecified atom stereocenters. The highest BCUT2D eigenvalue weighted by Crippen LogP contribution is 2.40. The third kappa shape index (κ3) is 4.89. The van der Waals surface area contributed by atoms with Gasteiger partial charge in [-0.15, -0.1) is 0 Å². The van der Waals surface area contributed by atoms with Crippen LogP contribution in [0.15, 0.2) is 36.5 Å². The maximum atomic E-state index is 13.6. The zero-order valence-corrected chi connectivity index (χ0v) is 20.0. The van der Waals surface area contributed by atoms with Crippen LogP contribution < -0.4 is 10.6 Å². The van der Waals surface area contributed by atoms with E-state index in [0.717, 1.165) is 38.1 Å². The summed E-state index contributed by atoms with van der Waals surface area (Å²) in [5.41, 5.74) is 2.08. The van der Waals surface area contributed by atoms with E-state index < -0.39 is 11.6 Å². The Balaban J connectivity index is 1.54. The molecule has 35 heavy (non-hydrogen) atoms. The van der Waals surface area contributed by atoms with Crippen molar-refractivity contribution in [2.75, 3.05) is 18.4 Å². The van der Waals surface area contributed by atoms with E-state index in [2.05, 4.69) is 20.6 Å². The Bertz CT molecular complexity index is 1390. The van der Waals surface area contributed by atoms with Crippen molar-refractivity contribution in [3.05, 3.63) is 63.8 Å². The van der Waals surface area contributed by atoms with Crippen LogP contribution in [0.4, 0.5) is 14.7 Å². The minimum Gasteiger partial charge on any atom is -0.506 e. The van der Waals surface area contributed by atoms with Crippen molar-refractivity contribution < 1.29 is 13.9 Å². The molecule has 1 aliphatic heterocycles. The van der Waals surface area contributed by atoms with Crippen LogP contribution in [0.3, 0.4) is 0 Å². The lowest BCUT2D eigenvalue weighted by molar-refractivity contribution is 0.341. The predicted molar refractivity (Wildman–Crippen MR) is 132 cm³/mol. The normalized spacial score (nSPS) is 16.1. The lowest BCUT2D eigenvalue weighted by atomic mass is 9.99. The summed E-state index contributed by atoms with van der Waals surface area (Å²) in [6, 6.07) is 6.72. The Morgan fingerprint density at radius 2 is 2.00 bits per heavy atom. The Hall–Kier alpha value is -3.01. The summed E-state index contributed by atoms with van der Waals surface area (Å²) in [6.07, 6.45) is 3.69. The number of aromatic nitrogens is 4. The molecule has 1 saturated heterocycles. The van der Waals surface area contributed by atoms with Gasteiger partial charge in [0, 0.05) is 13.1 Å². The van der Waals surface area contributed by atoms with Gasteiger partial charge in [0.2, 0.25) is 5.95 Å². The van der Waals surface area contributed by atoms with E-state index in [1.807, 2.05) is 4.57 Å². The Labute approximate surface area is 210 Å². The van der Waals surface area contributed by atoms with Crippen LogP contribution in [0.5, 0.6) is 5.75 Å². The standard InChI is InChI=1S/C24H22Cl2F2N6O/c25-15-4-6-19(35)21(26)20(15)23-32-18-11-31-24(30-10-13-3-5-16(27)17(28)8-13)33-22(18)34(23)12-14-2-1-7-29-9-14/h3-6,8,11,14,29,35H,1-2,7,9-10,12H2,(H,30,31,33)/t14-/m1/s1. The van der Waals surface area contributed by atoms with Gasteiger partial charge < -0.3 is 20.3 Å². The van der Waals surface area contributed by atoms with Crippen molar-refractivity contribution in [2.24, 2.45) is 5.92 Å². The van der Waals surface area contributed by atoms with Crippen molar-refractivity contribution in [3.8, 4) is 17.1 Å². The van der Waals surface area contributed by atoms with E-state index in [0.29, 0.717) is 51.5 Å². The maximum Gasteiger partial charge on any atom is 0.225 e. The summed E-state index contributed by atoms with van der Waals surface area (Å²) in [7, 11) is 0. The van der Waals surface area contributed by atoms with E-state index in [9.17, 15) is 13.9 Å². The molecule has 182 valence electrons. The number of rotatable bonds is 6. The molecule has 5 rings (SSSR count). The second-order valence-electron chi connectivity index (χ2n) is 8.52. The van der Waals surface area contributed by atoms with Crippen LogP contribution in [0.2, 0.25) is 10.0 Å². The molecule has 0 spiro atoms. The molecule has 11 heteroatoms. The Morgan fingerprint density at radius 1 is 1.14 bits per heavy atom. The zero-order chi connectivity index (χ0) is 24.5. The van der Waals surface area contributed by atoms with Crippen LogP contribution in [0.25, 0.3) is 22.6 Å². The number of piperidine rings is 1. The maximum absolute atomic E-state index is 13.6. The first kappa shape index (κ1) is 23.7. The van der Waals surface area contributed by atoms with Gasteiger partial charge in [-0.1, -0.05) is 29.3 Å². The molecule has 3 N–H and O–H groups in total. The molecule has 1 fully saturated rings. The molecule has 0 bridgehead atoms. The van der Waals surface area contributed by atoms with E-state index in [4.69, 9.17) is 28.2 Å². The summed E-state index contributed by atoms with van der Waals surface area (Å²) in [6.45, 7) is 2.66. The molecule has 4 aromatic rings. The highest BCUT2D eigenvalue weighted by molar-refractivity contribution is 6.40. The van der Waals surface area contributed by atoms with Gasteiger partial charge in [0.05, 0.1) is 21.8 Å². The Kier molecular flexibility index (Phi) is 6.73. The smallest absolute Gasteiger partial charge is 0.225 e. The first-order valence-corrected chi connectivity index (χ1v) is 12.0. The van der Waals surface area contributed by atoms with Gasteiger partial charge in [-0.3, -0.25) is 0 Å². The highest BCUT2D eigenvalue weighted by Gasteiger charge is 2.24. The molecule has 0 amide bonds. The fourth-order valence-corrected chi connectivity index (χ4v) is 4.82. The third-order valence-electron chi connectivity index (χ3n) is 6.06. The number of phenols is 1. The molecule has 2 aromatic heterocycles. The predicted octanol–water partition coefficient (Wildman–Crippen LogP) is 5.40. The van der Waals surface area contributed by atoms with Gasteiger partial charge in [-0.05, 0) is 61.7 Å². The number of nitrogens with one attached hydrogen (secondary N) is 2. The average molecular weight is 519 g/mol. The molecule has 0 aliphatic carbocycles. The second kappa shape index (κ2) is 9.93. The van der Waals surface area contributed by atoms with E-state index in [-0.39, 0.29) is 17.3 Å². The topological polar surface area (TPSA) is 87.9 Å². The molecule has 2 aromatic carbocycles. The first-order chi connectivity index (χ1) is 16.9. The largest absolute Gasteiger partial charge is 0.506 e. The summed E-state index contributed by atoms with van der Waals surface area (Å²) in [5, 5.41) is 17.1. The molecule has 1 atom stereocenters. The molecule has 7 nitrogen and oxygen atoms in total. The number of hydrogen-bond donors (Lipinski definition) is 3. The van der Waals surface area contributed by atoms with Gasteiger partial charge in [-0.25, -0.2) is 18.7 Å².